The molecule has 3 nitrogen and oxygen atoms in total. The summed E-state index contributed by atoms with van der Waals surface area (Å²) in [5.41, 5.74) is 1.10. The quantitative estimate of drug-likeness (QED) is 0.757. The van der Waals surface area contributed by atoms with Gasteiger partial charge in [-0.25, -0.2) is 4.98 Å². The Morgan fingerprint density at radius 3 is 2.88 bits per heavy atom. The largest absolute Gasteiger partial charge is 0.355 e. The van der Waals surface area contributed by atoms with Gasteiger partial charge in [0.05, 0.1) is 0 Å². The van der Waals surface area contributed by atoms with Crippen molar-refractivity contribution in [1.29, 1.82) is 0 Å². The van der Waals surface area contributed by atoms with Crippen LogP contribution in [0.4, 0.5) is 5.82 Å². The van der Waals surface area contributed by atoms with E-state index in [1.165, 1.54) is 12.8 Å². The van der Waals surface area contributed by atoms with Gasteiger partial charge in [-0.15, -0.1) is 0 Å². The maximum Gasteiger partial charge on any atom is 0.128 e. The van der Waals surface area contributed by atoms with Crippen molar-refractivity contribution in [1.82, 2.24) is 9.88 Å². The highest BCUT2D eigenvalue weighted by molar-refractivity contribution is 5.39. The predicted octanol–water partition coefficient (Wildman–Crippen LogP) is 1.92. The normalized spacial score (nSPS) is 21.5. The summed E-state index contributed by atoms with van der Waals surface area (Å²) in [4.78, 5) is 9.32. The van der Waals surface area contributed by atoms with E-state index in [2.05, 4.69) is 54.0 Å². The van der Waals surface area contributed by atoms with Gasteiger partial charge in [0.1, 0.15) is 5.82 Å². The minimum absolute atomic E-state index is 0.663. The fraction of sp³-hybridized carbons (Fsp3) is 0.615. The molecule has 1 saturated heterocycles. The standard InChI is InChI=1S/C13H21N3/c1-11-6-4-8-13(14-11)16-9-5-7-12(10-16)15(2)3/h4,6,8,12H,5,7,9-10H2,1-3H3. The van der Waals surface area contributed by atoms with Gasteiger partial charge in [0.2, 0.25) is 0 Å². The molecule has 0 N–H and O–H groups in total. The first-order valence-corrected chi connectivity index (χ1v) is 6.02. The van der Waals surface area contributed by atoms with Gasteiger partial charge >= 0.3 is 0 Å². The van der Waals surface area contributed by atoms with Gasteiger partial charge in [0.25, 0.3) is 0 Å². The highest BCUT2D eigenvalue weighted by Crippen LogP contribution is 2.19. The lowest BCUT2D eigenvalue weighted by Gasteiger charge is -2.36. The van der Waals surface area contributed by atoms with Crippen LogP contribution in [0.3, 0.4) is 0 Å². The Labute approximate surface area is 98.1 Å². The van der Waals surface area contributed by atoms with E-state index in [4.69, 9.17) is 0 Å². The van der Waals surface area contributed by atoms with E-state index in [1.807, 2.05) is 0 Å². The molecular weight excluding hydrogens is 198 g/mol. The molecule has 1 fully saturated rings. The summed E-state index contributed by atoms with van der Waals surface area (Å²) < 4.78 is 0. The molecule has 0 aliphatic carbocycles. The van der Waals surface area contributed by atoms with Crippen molar-refractivity contribution in [3.05, 3.63) is 23.9 Å². The molecule has 16 heavy (non-hydrogen) atoms. The first kappa shape index (κ1) is 11.4. The third-order valence-electron chi connectivity index (χ3n) is 3.32. The van der Waals surface area contributed by atoms with Crippen molar-refractivity contribution in [3.63, 3.8) is 0 Å². The van der Waals surface area contributed by atoms with E-state index < -0.39 is 0 Å². The number of rotatable bonds is 2. The van der Waals surface area contributed by atoms with Crippen LogP contribution in [0.2, 0.25) is 0 Å². The second-order valence-electron chi connectivity index (χ2n) is 4.84. The van der Waals surface area contributed by atoms with E-state index in [9.17, 15) is 0 Å². The highest BCUT2D eigenvalue weighted by Gasteiger charge is 2.21. The molecule has 0 aromatic carbocycles. The number of likely N-dealkylation sites (N-methyl/N-ethyl adjacent to an activating group) is 1. The van der Waals surface area contributed by atoms with Gasteiger partial charge in [-0.05, 0) is 46.0 Å². The summed E-state index contributed by atoms with van der Waals surface area (Å²) in [6, 6.07) is 6.93. The Bertz CT molecular complexity index is 349. The van der Waals surface area contributed by atoms with Crippen molar-refractivity contribution in [2.45, 2.75) is 25.8 Å². The van der Waals surface area contributed by atoms with Gasteiger partial charge in [0.15, 0.2) is 0 Å². The van der Waals surface area contributed by atoms with Gasteiger partial charge in [-0.2, -0.15) is 0 Å². The Kier molecular flexibility index (Phi) is 3.44. The average molecular weight is 219 g/mol. The fourth-order valence-electron chi connectivity index (χ4n) is 2.29. The maximum atomic E-state index is 4.60. The zero-order valence-corrected chi connectivity index (χ0v) is 10.5. The number of nitrogens with zero attached hydrogens (tertiary/aromatic N) is 3. The van der Waals surface area contributed by atoms with Crippen LogP contribution >= 0.6 is 0 Å². The third-order valence-corrected chi connectivity index (χ3v) is 3.32. The monoisotopic (exact) mass is 219 g/mol. The lowest BCUT2D eigenvalue weighted by Crippen LogP contribution is -2.45. The topological polar surface area (TPSA) is 19.4 Å². The second-order valence-corrected chi connectivity index (χ2v) is 4.84. The molecule has 1 aromatic heterocycles. The lowest BCUT2D eigenvalue weighted by molar-refractivity contribution is 0.257. The number of hydrogen-bond donors (Lipinski definition) is 0. The summed E-state index contributed by atoms with van der Waals surface area (Å²) >= 11 is 0. The summed E-state index contributed by atoms with van der Waals surface area (Å²) in [5.74, 6) is 1.13. The molecule has 1 atom stereocenters. The summed E-state index contributed by atoms with van der Waals surface area (Å²) in [6.45, 7) is 4.29. The van der Waals surface area contributed by atoms with Crippen molar-refractivity contribution in [2.24, 2.45) is 0 Å². The molecule has 1 aromatic rings. The molecule has 0 bridgehead atoms. The average Bonchev–Trinajstić information content (AvgIpc) is 2.29. The number of aryl methyl sites for hydroxylation is 1. The molecular formula is C13H21N3. The summed E-state index contributed by atoms with van der Waals surface area (Å²) in [6.07, 6.45) is 2.56. The zero-order valence-electron chi connectivity index (χ0n) is 10.5. The Morgan fingerprint density at radius 2 is 2.19 bits per heavy atom. The summed E-state index contributed by atoms with van der Waals surface area (Å²) in [7, 11) is 4.33. The minimum atomic E-state index is 0.663. The molecule has 1 unspecified atom stereocenters. The zero-order chi connectivity index (χ0) is 11.5. The van der Waals surface area contributed by atoms with Gasteiger partial charge in [0, 0.05) is 24.8 Å². The molecule has 0 spiro atoms. The van der Waals surface area contributed by atoms with E-state index in [0.29, 0.717) is 6.04 Å². The van der Waals surface area contributed by atoms with Crippen LogP contribution in [0.25, 0.3) is 0 Å². The van der Waals surface area contributed by atoms with Crippen molar-refractivity contribution in [2.75, 3.05) is 32.1 Å². The van der Waals surface area contributed by atoms with Crippen molar-refractivity contribution >= 4 is 5.82 Å². The minimum Gasteiger partial charge on any atom is -0.355 e. The molecule has 0 amide bonds. The van der Waals surface area contributed by atoms with Crippen molar-refractivity contribution < 1.29 is 0 Å². The molecule has 3 heteroatoms. The van der Waals surface area contributed by atoms with Crippen LogP contribution < -0.4 is 4.90 Å². The lowest BCUT2D eigenvalue weighted by atomic mass is 10.1. The maximum absolute atomic E-state index is 4.60. The Balaban J connectivity index is 2.09. The molecule has 1 aliphatic rings. The highest BCUT2D eigenvalue weighted by atomic mass is 15.2. The number of piperidine rings is 1. The number of anilines is 1. The van der Waals surface area contributed by atoms with Crippen LogP contribution in [0, 0.1) is 6.92 Å². The predicted molar refractivity (Wildman–Crippen MR) is 67.9 cm³/mol. The number of pyridine rings is 1. The molecule has 2 heterocycles. The van der Waals surface area contributed by atoms with E-state index in [0.717, 1.165) is 24.6 Å². The first-order chi connectivity index (χ1) is 7.66. The van der Waals surface area contributed by atoms with Crippen molar-refractivity contribution in [3.8, 4) is 0 Å². The van der Waals surface area contributed by atoms with E-state index in [-0.39, 0.29) is 0 Å². The SMILES string of the molecule is Cc1cccc(N2CCCC(N(C)C)C2)n1. The van der Waals surface area contributed by atoms with Gasteiger partial charge in [-0.3, -0.25) is 0 Å². The molecule has 1 aliphatic heterocycles. The third kappa shape index (κ3) is 2.53. The van der Waals surface area contributed by atoms with Crippen LogP contribution in [0.1, 0.15) is 18.5 Å². The van der Waals surface area contributed by atoms with Gasteiger partial charge in [-0.1, -0.05) is 6.07 Å². The van der Waals surface area contributed by atoms with Crippen LogP contribution in [-0.4, -0.2) is 43.1 Å². The Morgan fingerprint density at radius 1 is 1.38 bits per heavy atom. The number of hydrogen-bond acceptors (Lipinski definition) is 3. The van der Waals surface area contributed by atoms with Crippen LogP contribution in [0.15, 0.2) is 18.2 Å². The molecule has 88 valence electrons. The first-order valence-electron chi connectivity index (χ1n) is 6.02. The number of aromatic nitrogens is 1. The van der Waals surface area contributed by atoms with Crippen LogP contribution in [0.5, 0.6) is 0 Å². The second kappa shape index (κ2) is 4.83. The Hall–Kier alpha value is -1.09. The van der Waals surface area contributed by atoms with E-state index in [1.54, 1.807) is 0 Å². The van der Waals surface area contributed by atoms with Crippen LogP contribution in [-0.2, 0) is 0 Å². The van der Waals surface area contributed by atoms with E-state index >= 15 is 0 Å². The fourth-order valence-corrected chi connectivity index (χ4v) is 2.29. The molecule has 0 saturated carbocycles. The smallest absolute Gasteiger partial charge is 0.128 e. The molecule has 2 rings (SSSR count). The molecule has 0 radical (unpaired) electrons. The summed E-state index contributed by atoms with van der Waals surface area (Å²) in [5, 5.41) is 0. The van der Waals surface area contributed by atoms with Gasteiger partial charge < -0.3 is 9.80 Å².